The molecule has 0 aliphatic heterocycles. The fraction of sp³-hybridized carbons (Fsp3) is 0.444. The zero-order valence-electron chi connectivity index (χ0n) is 14.3. The van der Waals surface area contributed by atoms with Gasteiger partial charge in [0.2, 0.25) is 0 Å². The van der Waals surface area contributed by atoms with Gasteiger partial charge in [-0.2, -0.15) is 5.26 Å². The van der Waals surface area contributed by atoms with Crippen molar-refractivity contribution in [1.29, 1.82) is 5.26 Å². The summed E-state index contributed by atoms with van der Waals surface area (Å²) in [5.41, 5.74) is 0.579. The highest BCUT2D eigenvalue weighted by Gasteiger charge is 2.25. The van der Waals surface area contributed by atoms with Gasteiger partial charge in [0.25, 0.3) is 5.56 Å². The van der Waals surface area contributed by atoms with Crippen molar-refractivity contribution in [3.8, 4) is 6.07 Å². The summed E-state index contributed by atoms with van der Waals surface area (Å²) in [4.78, 5) is 34.6. The van der Waals surface area contributed by atoms with E-state index in [0.29, 0.717) is 29.0 Å². The van der Waals surface area contributed by atoms with Crippen LogP contribution in [0.25, 0.3) is 21.9 Å². The van der Waals surface area contributed by atoms with Crippen LogP contribution in [0.4, 0.5) is 0 Å². The maximum atomic E-state index is 12.6. The fourth-order valence-corrected chi connectivity index (χ4v) is 4.03. The van der Waals surface area contributed by atoms with Crippen LogP contribution in [0.15, 0.2) is 28.0 Å². The number of aromatic amines is 2. The second-order valence-electron chi connectivity index (χ2n) is 6.85. The lowest BCUT2D eigenvalue weighted by Crippen LogP contribution is -2.35. The van der Waals surface area contributed by atoms with Crippen molar-refractivity contribution in [3.63, 3.8) is 0 Å². The van der Waals surface area contributed by atoms with E-state index in [1.165, 1.54) is 6.20 Å². The summed E-state index contributed by atoms with van der Waals surface area (Å²) in [5, 5.41) is 13.0. The van der Waals surface area contributed by atoms with Crippen LogP contribution in [0.5, 0.6) is 0 Å². The topological polar surface area (TPSA) is 119 Å². The Balaban J connectivity index is 1.71. The maximum Gasteiger partial charge on any atom is 0.329 e. The van der Waals surface area contributed by atoms with Crippen molar-refractivity contribution >= 4 is 21.9 Å². The molecule has 26 heavy (non-hydrogen) atoms. The minimum atomic E-state index is -0.397. The predicted molar refractivity (Wildman–Crippen MR) is 98.0 cm³/mol. The van der Waals surface area contributed by atoms with Gasteiger partial charge in [0.1, 0.15) is 5.65 Å². The van der Waals surface area contributed by atoms with Crippen molar-refractivity contribution in [3.05, 3.63) is 39.3 Å². The molecule has 0 aromatic carbocycles. The van der Waals surface area contributed by atoms with Gasteiger partial charge >= 0.3 is 5.69 Å². The largest absolute Gasteiger partial charge is 0.346 e. The van der Waals surface area contributed by atoms with Gasteiger partial charge in [0.05, 0.1) is 23.5 Å². The van der Waals surface area contributed by atoms with Gasteiger partial charge in [-0.25, -0.2) is 9.78 Å². The summed E-state index contributed by atoms with van der Waals surface area (Å²) in [6.45, 7) is 1.19. The van der Waals surface area contributed by atoms with Crippen molar-refractivity contribution in [2.45, 2.75) is 31.7 Å². The number of aromatic nitrogens is 4. The predicted octanol–water partition coefficient (Wildman–Crippen LogP) is 1.41. The molecule has 3 heterocycles. The van der Waals surface area contributed by atoms with E-state index in [1.54, 1.807) is 10.8 Å². The Morgan fingerprint density at radius 1 is 1.27 bits per heavy atom. The number of hydrogen-bond acceptors (Lipinski definition) is 5. The first-order valence-corrected chi connectivity index (χ1v) is 8.87. The zero-order chi connectivity index (χ0) is 18.1. The molecular weight excluding hydrogens is 332 g/mol. The quantitative estimate of drug-likeness (QED) is 0.484. The van der Waals surface area contributed by atoms with Crippen LogP contribution in [0, 0.1) is 17.2 Å². The van der Waals surface area contributed by atoms with Crippen LogP contribution in [-0.4, -0.2) is 32.6 Å². The molecule has 0 bridgehead atoms. The lowest BCUT2D eigenvalue weighted by molar-refractivity contribution is 0.269. The van der Waals surface area contributed by atoms with Crippen LogP contribution in [-0.2, 0) is 0 Å². The van der Waals surface area contributed by atoms with Crippen LogP contribution < -0.4 is 16.6 Å². The summed E-state index contributed by atoms with van der Waals surface area (Å²) in [6, 6.07) is 4.00. The number of fused-ring (bicyclic) bond motifs is 3. The number of nitrogens with zero attached hydrogens (tertiary/aromatic N) is 3. The third kappa shape index (κ3) is 2.80. The number of pyridine rings is 1. The molecule has 0 atom stereocenters. The maximum absolute atomic E-state index is 12.6. The Morgan fingerprint density at radius 3 is 2.85 bits per heavy atom. The molecule has 0 amide bonds. The van der Waals surface area contributed by atoms with Crippen molar-refractivity contribution in [2.24, 2.45) is 5.92 Å². The first-order valence-electron chi connectivity index (χ1n) is 8.87. The Labute approximate surface area is 148 Å². The standard InChI is InChI=1S/C18H20N6O2/c19-6-8-20-9-11-1-3-12(4-2-11)24-15-13-5-7-21-16(13)22-10-14(15)17(25)23-18(24)26/h5,7,10-12,20H,1-4,8-9H2,(H,21,22)(H,23,25,26)/t11-,12-. The van der Waals surface area contributed by atoms with Gasteiger partial charge in [0.15, 0.2) is 0 Å². The molecule has 0 radical (unpaired) electrons. The molecule has 3 aromatic rings. The molecule has 0 unspecified atom stereocenters. The first-order chi connectivity index (χ1) is 12.7. The highest BCUT2D eigenvalue weighted by atomic mass is 16.2. The third-order valence-corrected chi connectivity index (χ3v) is 5.30. The van der Waals surface area contributed by atoms with E-state index in [-0.39, 0.29) is 11.7 Å². The van der Waals surface area contributed by atoms with Gasteiger partial charge < -0.3 is 10.3 Å². The van der Waals surface area contributed by atoms with Crippen molar-refractivity contribution in [1.82, 2.24) is 24.8 Å². The third-order valence-electron chi connectivity index (χ3n) is 5.30. The summed E-state index contributed by atoms with van der Waals surface area (Å²) in [7, 11) is 0. The van der Waals surface area contributed by atoms with Gasteiger partial charge in [-0.05, 0) is 44.2 Å². The van der Waals surface area contributed by atoms with E-state index in [2.05, 4.69) is 26.3 Å². The molecule has 3 aromatic heterocycles. The van der Waals surface area contributed by atoms with E-state index in [1.807, 2.05) is 6.07 Å². The van der Waals surface area contributed by atoms with E-state index in [4.69, 9.17) is 5.26 Å². The molecule has 0 spiro atoms. The molecule has 1 fully saturated rings. The molecule has 8 nitrogen and oxygen atoms in total. The average molecular weight is 352 g/mol. The Bertz CT molecular complexity index is 1090. The highest BCUT2D eigenvalue weighted by Crippen LogP contribution is 2.33. The van der Waals surface area contributed by atoms with Crippen LogP contribution in [0.1, 0.15) is 31.7 Å². The number of hydrogen-bond donors (Lipinski definition) is 3. The van der Waals surface area contributed by atoms with Gasteiger partial charge in [-0.3, -0.25) is 14.3 Å². The van der Waals surface area contributed by atoms with E-state index >= 15 is 0 Å². The minimum Gasteiger partial charge on any atom is -0.346 e. The Morgan fingerprint density at radius 2 is 2.08 bits per heavy atom. The van der Waals surface area contributed by atoms with Crippen LogP contribution >= 0.6 is 0 Å². The van der Waals surface area contributed by atoms with Crippen molar-refractivity contribution in [2.75, 3.05) is 13.1 Å². The second-order valence-corrected chi connectivity index (χ2v) is 6.85. The summed E-state index contributed by atoms with van der Waals surface area (Å²) in [6.07, 6.45) is 7.00. The molecule has 1 aliphatic carbocycles. The fourth-order valence-electron chi connectivity index (χ4n) is 4.03. The van der Waals surface area contributed by atoms with E-state index in [0.717, 1.165) is 37.6 Å². The second kappa shape index (κ2) is 6.77. The molecular formula is C18H20N6O2. The van der Waals surface area contributed by atoms with Gasteiger partial charge in [0, 0.05) is 23.8 Å². The molecule has 4 rings (SSSR count). The highest BCUT2D eigenvalue weighted by molar-refractivity contribution is 6.01. The Kier molecular flexibility index (Phi) is 4.31. The normalized spacial score (nSPS) is 20.4. The zero-order valence-corrected chi connectivity index (χ0v) is 14.3. The molecule has 0 saturated heterocycles. The van der Waals surface area contributed by atoms with E-state index < -0.39 is 5.56 Å². The lowest BCUT2D eigenvalue weighted by atomic mass is 9.85. The number of rotatable bonds is 4. The van der Waals surface area contributed by atoms with Gasteiger partial charge in [-0.1, -0.05) is 0 Å². The van der Waals surface area contributed by atoms with Gasteiger partial charge in [-0.15, -0.1) is 0 Å². The summed E-state index contributed by atoms with van der Waals surface area (Å²) in [5.74, 6) is 0.512. The van der Waals surface area contributed by atoms with E-state index in [9.17, 15) is 9.59 Å². The molecule has 1 saturated carbocycles. The van der Waals surface area contributed by atoms with Crippen LogP contribution in [0.3, 0.4) is 0 Å². The molecule has 3 N–H and O–H groups in total. The molecule has 1 aliphatic rings. The SMILES string of the molecule is N#CCNC[C@H]1CC[C@H](n2c(=O)[nH]c(=O)c3cnc4[nH]ccc4c32)CC1. The molecule has 134 valence electrons. The minimum absolute atomic E-state index is 0.0505. The number of nitrogens with one attached hydrogen (secondary N) is 3. The van der Waals surface area contributed by atoms with Crippen LogP contribution in [0.2, 0.25) is 0 Å². The lowest BCUT2D eigenvalue weighted by Gasteiger charge is -2.30. The molecule has 8 heteroatoms. The number of nitriles is 1. The smallest absolute Gasteiger partial charge is 0.329 e. The Hall–Kier alpha value is -2.92. The average Bonchev–Trinajstić information content (AvgIpc) is 3.12. The van der Waals surface area contributed by atoms with Crippen molar-refractivity contribution < 1.29 is 0 Å². The number of H-pyrrole nitrogens is 2. The summed E-state index contributed by atoms with van der Waals surface area (Å²) < 4.78 is 1.74. The first kappa shape index (κ1) is 16.5. The monoisotopic (exact) mass is 352 g/mol. The summed E-state index contributed by atoms with van der Waals surface area (Å²) >= 11 is 0.